The number of ether oxygens (including phenoxy) is 2. The summed E-state index contributed by atoms with van der Waals surface area (Å²) in [6, 6.07) is 19.0. The van der Waals surface area contributed by atoms with E-state index in [2.05, 4.69) is 12.1 Å². The summed E-state index contributed by atoms with van der Waals surface area (Å²) in [7, 11) is 0. The second kappa shape index (κ2) is 7.34. The number of hydrogen-bond donors (Lipinski definition) is 0. The first kappa shape index (κ1) is 14.1. The molecule has 2 rings (SSSR count). The van der Waals surface area contributed by atoms with Crippen LogP contribution in [0.15, 0.2) is 60.7 Å². The Morgan fingerprint density at radius 1 is 1.00 bits per heavy atom. The minimum Gasteiger partial charge on any atom is -0.431 e. The Labute approximate surface area is 119 Å². The molecule has 0 aromatic heterocycles. The molecule has 0 bridgehead atoms. The molecule has 2 aromatic rings. The lowest BCUT2D eigenvalue weighted by Gasteiger charge is -2.13. The standard InChI is InChI=1S/C17H18O3/c1-14(12-13-15-8-4-2-5-9-15)19-17(18)20-16-10-6-3-7-11-16/h2-11,14H,12-13H2,1H3. The van der Waals surface area contributed by atoms with Gasteiger partial charge in [0.05, 0.1) is 0 Å². The summed E-state index contributed by atoms with van der Waals surface area (Å²) in [4.78, 5) is 11.6. The van der Waals surface area contributed by atoms with Crippen LogP contribution in [0.25, 0.3) is 0 Å². The summed E-state index contributed by atoms with van der Waals surface area (Å²) in [6.07, 6.45) is 0.817. The zero-order valence-corrected chi connectivity index (χ0v) is 11.5. The summed E-state index contributed by atoms with van der Waals surface area (Å²) in [5.41, 5.74) is 1.24. The fraction of sp³-hybridized carbons (Fsp3) is 0.235. The predicted molar refractivity (Wildman–Crippen MR) is 77.8 cm³/mol. The lowest BCUT2D eigenvalue weighted by Crippen LogP contribution is -2.18. The predicted octanol–water partition coefficient (Wildman–Crippen LogP) is 4.22. The maximum absolute atomic E-state index is 11.6. The van der Waals surface area contributed by atoms with Crippen molar-refractivity contribution in [1.29, 1.82) is 0 Å². The van der Waals surface area contributed by atoms with Gasteiger partial charge in [-0.25, -0.2) is 4.79 Å². The van der Waals surface area contributed by atoms with E-state index in [1.165, 1.54) is 5.56 Å². The minimum absolute atomic E-state index is 0.175. The van der Waals surface area contributed by atoms with E-state index in [1.807, 2.05) is 31.2 Å². The van der Waals surface area contributed by atoms with Gasteiger partial charge in [0.1, 0.15) is 11.9 Å². The molecule has 0 radical (unpaired) electrons. The monoisotopic (exact) mass is 270 g/mol. The summed E-state index contributed by atoms with van der Waals surface area (Å²) in [5, 5.41) is 0. The molecule has 20 heavy (non-hydrogen) atoms. The second-order valence-corrected chi connectivity index (χ2v) is 4.62. The average Bonchev–Trinajstić information content (AvgIpc) is 2.47. The fourth-order valence-electron chi connectivity index (χ4n) is 1.85. The van der Waals surface area contributed by atoms with Crippen LogP contribution in [0.5, 0.6) is 5.75 Å². The highest BCUT2D eigenvalue weighted by atomic mass is 16.7. The third-order valence-electron chi connectivity index (χ3n) is 2.92. The average molecular weight is 270 g/mol. The van der Waals surface area contributed by atoms with Gasteiger partial charge in [0, 0.05) is 0 Å². The van der Waals surface area contributed by atoms with E-state index in [1.54, 1.807) is 24.3 Å². The van der Waals surface area contributed by atoms with Crippen molar-refractivity contribution in [3.63, 3.8) is 0 Å². The molecular formula is C17H18O3. The quantitative estimate of drug-likeness (QED) is 0.602. The largest absolute Gasteiger partial charge is 0.514 e. The Kier molecular flexibility index (Phi) is 5.18. The molecule has 0 aliphatic heterocycles. The number of carbonyl (C=O) groups is 1. The number of carbonyl (C=O) groups excluding carboxylic acids is 1. The number of benzene rings is 2. The topological polar surface area (TPSA) is 35.5 Å². The molecule has 0 aliphatic carbocycles. The smallest absolute Gasteiger partial charge is 0.431 e. The van der Waals surface area contributed by atoms with Crippen LogP contribution in [0, 0.1) is 0 Å². The van der Waals surface area contributed by atoms with Crippen LogP contribution < -0.4 is 4.74 Å². The third-order valence-corrected chi connectivity index (χ3v) is 2.92. The van der Waals surface area contributed by atoms with E-state index in [0.29, 0.717) is 5.75 Å². The van der Waals surface area contributed by atoms with E-state index < -0.39 is 6.16 Å². The number of hydrogen-bond acceptors (Lipinski definition) is 3. The van der Waals surface area contributed by atoms with Gasteiger partial charge >= 0.3 is 6.16 Å². The van der Waals surface area contributed by atoms with Crippen molar-refractivity contribution in [2.24, 2.45) is 0 Å². The van der Waals surface area contributed by atoms with Gasteiger partial charge in [0.2, 0.25) is 0 Å². The molecule has 0 amide bonds. The number of rotatable bonds is 5. The SMILES string of the molecule is CC(CCc1ccccc1)OC(=O)Oc1ccccc1. The van der Waals surface area contributed by atoms with Crippen LogP contribution in [0.4, 0.5) is 4.79 Å². The zero-order chi connectivity index (χ0) is 14.2. The second-order valence-electron chi connectivity index (χ2n) is 4.62. The molecular weight excluding hydrogens is 252 g/mol. The fourth-order valence-corrected chi connectivity index (χ4v) is 1.85. The van der Waals surface area contributed by atoms with Crippen molar-refractivity contribution in [2.75, 3.05) is 0 Å². The molecule has 2 aromatic carbocycles. The van der Waals surface area contributed by atoms with E-state index >= 15 is 0 Å². The highest BCUT2D eigenvalue weighted by Gasteiger charge is 2.11. The Balaban J connectivity index is 1.74. The number of aryl methyl sites for hydroxylation is 1. The normalized spacial score (nSPS) is 11.7. The van der Waals surface area contributed by atoms with Crippen LogP contribution in [0.3, 0.4) is 0 Å². The molecule has 104 valence electrons. The summed E-state index contributed by atoms with van der Waals surface area (Å²) in [6.45, 7) is 1.87. The summed E-state index contributed by atoms with van der Waals surface area (Å²) in [5.74, 6) is 0.493. The Morgan fingerprint density at radius 3 is 2.25 bits per heavy atom. The van der Waals surface area contributed by atoms with Gasteiger partial charge in [0.15, 0.2) is 0 Å². The third kappa shape index (κ3) is 4.76. The van der Waals surface area contributed by atoms with Crippen molar-refractivity contribution in [3.8, 4) is 5.75 Å². The minimum atomic E-state index is -0.656. The van der Waals surface area contributed by atoms with Crippen LogP contribution in [-0.4, -0.2) is 12.3 Å². The van der Waals surface area contributed by atoms with Gasteiger partial charge in [-0.3, -0.25) is 0 Å². The first-order chi connectivity index (χ1) is 9.74. The first-order valence-corrected chi connectivity index (χ1v) is 6.71. The van der Waals surface area contributed by atoms with Crippen LogP contribution in [-0.2, 0) is 11.2 Å². The molecule has 0 fully saturated rings. The van der Waals surface area contributed by atoms with Crippen molar-refractivity contribution < 1.29 is 14.3 Å². The maximum atomic E-state index is 11.6. The maximum Gasteiger partial charge on any atom is 0.514 e. The van der Waals surface area contributed by atoms with Crippen LogP contribution >= 0.6 is 0 Å². The molecule has 0 spiro atoms. The van der Waals surface area contributed by atoms with E-state index in [9.17, 15) is 4.79 Å². The van der Waals surface area contributed by atoms with Gasteiger partial charge in [-0.05, 0) is 37.5 Å². The van der Waals surface area contributed by atoms with Crippen molar-refractivity contribution >= 4 is 6.16 Å². The van der Waals surface area contributed by atoms with Gasteiger partial charge in [-0.15, -0.1) is 0 Å². The Hall–Kier alpha value is -2.29. The lowest BCUT2D eigenvalue weighted by atomic mass is 10.1. The van der Waals surface area contributed by atoms with Gasteiger partial charge in [0.25, 0.3) is 0 Å². The molecule has 1 atom stereocenters. The molecule has 0 heterocycles. The van der Waals surface area contributed by atoms with Crippen molar-refractivity contribution in [3.05, 3.63) is 66.2 Å². The van der Waals surface area contributed by atoms with E-state index in [0.717, 1.165) is 12.8 Å². The molecule has 3 heteroatoms. The van der Waals surface area contributed by atoms with E-state index in [4.69, 9.17) is 9.47 Å². The Bertz CT molecular complexity index is 522. The number of para-hydroxylation sites is 1. The summed E-state index contributed by atoms with van der Waals surface area (Å²) >= 11 is 0. The van der Waals surface area contributed by atoms with Gasteiger partial charge < -0.3 is 9.47 Å². The molecule has 1 unspecified atom stereocenters. The van der Waals surface area contributed by atoms with Crippen molar-refractivity contribution in [1.82, 2.24) is 0 Å². The van der Waals surface area contributed by atoms with Gasteiger partial charge in [-0.1, -0.05) is 48.5 Å². The molecule has 3 nitrogen and oxygen atoms in total. The molecule has 0 saturated carbocycles. The molecule has 0 N–H and O–H groups in total. The van der Waals surface area contributed by atoms with Crippen molar-refractivity contribution in [2.45, 2.75) is 25.9 Å². The highest BCUT2D eigenvalue weighted by molar-refractivity contribution is 5.63. The zero-order valence-electron chi connectivity index (χ0n) is 11.5. The van der Waals surface area contributed by atoms with Gasteiger partial charge in [-0.2, -0.15) is 0 Å². The van der Waals surface area contributed by atoms with E-state index in [-0.39, 0.29) is 6.10 Å². The van der Waals surface area contributed by atoms with Crippen LogP contribution in [0.2, 0.25) is 0 Å². The first-order valence-electron chi connectivity index (χ1n) is 6.71. The Morgan fingerprint density at radius 2 is 1.60 bits per heavy atom. The molecule has 0 aliphatic rings. The highest BCUT2D eigenvalue weighted by Crippen LogP contribution is 2.12. The van der Waals surface area contributed by atoms with Crippen LogP contribution in [0.1, 0.15) is 18.9 Å². The lowest BCUT2D eigenvalue weighted by molar-refractivity contribution is 0.0625. The summed E-state index contributed by atoms with van der Waals surface area (Å²) < 4.78 is 10.3. The molecule has 0 saturated heterocycles.